The molecule has 5 N–H and O–H groups in total. The van der Waals surface area contributed by atoms with Gasteiger partial charge in [0.05, 0.1) is 6.04 Å². The van der Waals surface area contributed by atoms with Crippen LogP contribution in [0.15, 0.2) is 0 Å². The predicted molar refractivity (Wildman–Crippen MR) is 87.6 cm³/mol. The lowest BCUT2D eigenvalue weighted by atomic mass is 9.99. The molecule has 0 fully saturated rings. The van der Waals surface area contributed by atoms with Crippen LogP contribution in [0.2, 0.25) is 0 Å². The number of carbonyl (C=O) groups excluding carboxylic acids is 2. The number of aliphatic carboxylic acids is 1. The Kier molecular flexibility index (Phi) is 9.84. The standard InChI is InChI=1S/C14H27N3O4S/c1-5-8(2)11(15)13(19)16-9(3)12(18)17-10(14(20)21)6-7-22-4/h8-11H,5-7,15H2,1-4H3,(H,16,19)(H,17,18)(H,20,21)/t8-,9-,10-,11-/m0/s1. The van der Waals surface area contributed by atoms with Gasteiger partial charge in [0.15, 0.2) is 0 Å². The summed E-state index contributed by atoms with van der Waals surface area (Å²) in [6, 6.07) is -2.48. The number of rotatable bonds is 10. The number of amides is 2. The first kappa shape index (κ1) is 20.7. The first-order valence-electron chi connectivity index (χ1n) is 7.32. The molecule has 22 heavy (non-hydrogen) atoms. The van der Waals surface area contributed by atoms with Gasteiger partial charge >= 0.3 is 5.97 Å². The summed E-state index contributed by atoms with van der Waals surface area (Å²) >= 11 is 1.50. The van der Waals surface area contributed by atoms with E-state index in [-0.39, 0.29) is 5.92 Å². The lowest BCUT2D eigenvalue weighted by Crippen LogP contribution is -2.54. The van der Waals surface area contributed by atoms with Crippen LogP contribution in [0.5, 0.6) is 0 Å². The monoisotopic (exact) mass is 333 g/mol. The van der Waals surface area contributed by atoms with Crippen LogP contribution in [-0.4, -0.2) is 53.0 Å². The highest BCUT2D eigenvalue weighted by molar-refractivity contribution is 7.98. The van der Waals surface area contributed by atoms with Crippen LogP contribution in [0.4, 0.5) is 0 Å². The first-order valence-corrected chi connectivity index (χ1v) is 8.72. The van der Waals surface area contributed by atoms with Crippen LogP contribution in [0.3, 0.4) is 0 Å². The minimum absolute atomic E-state index is 0.00334. The van der Waals surface area contributed by atoms with E-state index in [1.807, 2.05) is 20.1 Å². The zero-order chi connectivity index (χ0) is 17.3. The van der Waals surface area contributed by atoms with Crippen molar-refractivity contribution in [2.45, 2.75) is 51.7 Å². The summed E-state index contributed by atoms with van der Waals surface area (Å²) in [5.41, 5.74) is 5.79. The van der Waals surface area contributed by atoms with E-state index in [2.05, 4.69) is 10.6 Å². The van der Waals surface area contributed by atoms with Gasteiger partial charge in [0, 0.05) is 0 Å². The number of hydrogen-bond donors (Lipinski definition) is 4. The summed E-state index contributed by atoms with van der Waals surface area (Å²) in [6.45, 7) is 5.29. The van der Waals surface area contributed by atoms with Crippen LogP contribution >= 0.6 is 11.8 Å². The van der Waals surface area contributed by atoms with Crippen molar-refractivity contribution in [2.24, 2.45) is 11.7 Å². The highest BCUT2D eigenvalue weighted by Crippen LogP contribution is 2.06. The summed E-state index contributed by atoms with van der Waals surface area (Å²) in [7, 11) is 0. The molecule has 0 aromatic rings. The Morgan fingerprint density at radius 1 is 1.18 bits per heavy atom. The van der Waals surface area contributed by atoms with Gasteiger partial charge < -0.3 is 21.5 Å². The fourth-order valence-electron chi connectivity index (χ4n) is 1.68. The number of carboxylic acid groups (broad SMARTS) is 1. The molecule has 0 rings (SSSR count). The highest BCUT2D eigenvalue weighted by atomic mass is 32.2. The highest BCUT2D eigenvalue weighted by Gasteiger charge is 2.26. The molecule has 128 valence electrons. The molecule has 0 heterocycles. The molecule has 4 atom stereocenters. The molecule has 8 heteroatoms. The fourth-order valence-corrected chi connectivity index (χ4v) is 2.15. The maximum atomic E-state index is 12.0. The molecule has 0 radical (unpaired) electrons. The van der Waals surface area contributed by atoms with Gasteiger partial charge in [-0.25, -0.2) is 4.79 Å². The van der Waals surface area contributed by atoms with E-state index < -0.39 is 35.9 Å². The van der Waals surface area contributed by atoms with Crippen molar-refractivity contribution in [3.63, 3.8) is 0 Å². The Hall–Kier alpha value is -1.28. The average Bonchev–Trinajstić information content (AvgIpc) is 2.48. The molecule has 0 unspecified atom stereocenters. The topological polar surface area (TPSA) is 122 Å². The van der Waals surface area contributed by atoms with Crippen molar-refractivity contribution in [3.8, 4) is 0 Å². The van der Waals surface area contributed by atoms with Gasteiger partial charge in [-0.2, -0.15) is 11.8 Å². The van der Waals surface area contributed by atoms with Crippen LogP contribution < -0.4 is 16.4 Å². The average molecular weight is 333 g/mol. The smallest absolute Gasteiger partial charge is 0.326 e. The summed E-state index contributed by atoms with van der Waals surface area (Å²) in [4.78, 5) is 35.0. The van der Waals surface area contributed by atoms with Crippen molar-refractivity contribution in [2.75, 3.05) is 12.0 Å². The number of carboxylic acids is 1. The maximum Gasteiger partial charge on any atom is 0.326 e. The molecule has 2 amide bonds. The van der Waals surface area contributed by atoms with Crippen molar-refractivity contribution >= 4 is 29.5 Å². The van der Waals surface area contributed by atoms with Gasteiger partial charge in [-0.15, -0.1) is 0 Å². The summed E-state index contributed by atoms with van der Waals surface area (Å²) < 4.78 is 0. The third-order valence-corrected chi connectivity index (χ3v) is 4.18. The van der Waals surface area contributed by atoms with Gasteiger partial charge in [-0.05, 0) is 31.3 Å². The zero-order valence-corrected chi connectivity index (χ0v) is 14.4. The van der Waals surface area contributed by atoms with E-state index >= 15 is 0 Å². The van der Waals surface area contributed by atoms with E-state index in [1.165, 1.54) is 18.7 Å². The van der Waals surface area contributed by atoms with Gasteiger partial charge in [-0.3, -0.25) is 9.59 Å². The summed E-state index contributed by atoms with van der Waals surface area (Å²) in [5.74, 6) is -1.40. The summed E-state index contributed by atoms with van der Waals surface area (Å²) in [6.07, 6.45) is 2.94. The molecule has 0 aliphatic carbocycles. The molecule has 0 saturated carbocycles. The van der Waals surface area contributed by atoms with Crippen molar-refractivity contribution in [3.05, 3.63) is 0 Å². The predicted octanol–water partition coefficient (Wildman–Crippen LogP) is 0.187. The van der Waals surface area contributed by atoms with E-state index in [0.29, 0.717) is 12.2 Å². The molecule has 0 bridgehead atoms. The quantitative estimate of drug-likeness (QED) is 0.453. The molecule has 0 saturated heterocycles. The molecular weight excluding hydrogens is 306 g/mol. The van der Waals surface area contributed by atoms with Crippen molar-refractivity contribution in [1.82, 2.24) is 10.6 Å². The summed E-state index contributed by atoms with van der Waals surface area (Å²) in [5, 5.41) is 14.0. The largest absolute Gasteiger partial charge is 0.480 e. The number of nitrogens with two attached hydrogens (primary N) is 1. The lowest BCUT2D eigenvalue weighted by Gasteiger charge is -2.22. The molecule has 0 aliphatic heterocycles. The molecule has 7 nitrogen and oxygen atoms in total. The van der Waals surface area contributed by atoms with E-state index in [4.69, 9.17) is 10.8 Å². The second kappa shape index (κ2) is 10.4. The third-order valence-electron chi connectivity index (χ3n) is 3.54. The maximum absolute atomic E-state index is 12.0. The minimum Gasteiger partial charge on any atom is -0.480 e. The number of hydrogen-bond acceptors (Lipinski definition) is 5. The molecule has 0 aromatic carbocycles. The Balaban J connectivity index is 4.52. The van der Waals surface area contributed by atoms with Crippen LogP contribution in [0, 0.1) is 5.92 Å². The fraction of sp³-hybridized carbons (Fsp3) is 0.786. The molecule has 0 aromatic heterocycles. The van der Waals surface area contributed by atoms with Gasteiger partial charge in [0.1, 0.15) is 12.1 Å². The minimum atomic E-state index is -1.09. The lowest BCUT2D eigenvalue weighted by molar-refractivity contribution is -0.142. The molecule has 0 aliphatic rings. The van der Waals surface area contributed by atoms with E-state index in [9.17, 15) is 14.4 Å². The Morgan fingerprint density at radius 3 is 2.23 bits per heavy atom. The number of carbonyl (C=O) groups is 3. The Morgan fingerprint density at radius 2 is 1.77 bits per heavy atom. The van der Waals surface area contributed by atoms with Gasteiger partial charge in [-0.1, -0.05) is 20.3 Å². The normalized spacial score (nSPS) is 16.2. The van der Waals surface area contributed by atoms with E-state index in [1.54, 1.807) is 0 Å². The van der Waals surface area contributed by atoms with Gasteiger partial charge in [0.25, 0.3) is 0 Å². The van der Waals surface area contributed by atoms with Crippen LogP contribution in [0.25, 0.3) is 0 Å². The number of nitrogens with one attached hydrogen (secondary N) is 2. The second-order valence-electron chi connectivity index (χ2n) is 5.32. The third kappa shape index (κ3) is 7.13. The Labute approximate surface area is 135 Å². The van der Waals surface area contributed by atoms with Crippen molar-refractivity contribution in [1.29, 1.82) is 0 Å². The van der Waals surface area contributed by atoms with Gasteiger partial charge in [0.2, 0.25) is 11.8 Å². The molecular formula is C14H27N3O4S. The van der Waals surface area contributed by atoms with Crippen LogP contribution in [-0.2, 0) is 14.4 Å². The Bertz CT molecular complexity index is 392. The first-order chi connectivity index (χ1) is 10.2. The SMILES string of the molecule is CC[C@H](C)[C@H](N)C(=O)N[C@@H](C)C(=O)N[C@@H](CCSC)C(=O)O. The van der Waals surface area contributed by atoms with Crippen molar-refractivity contribution < 1.29 is 19.5 Å². The molecule has 0 spiro atoms. The zero-order valence-electron chi connectivity index (χ0n) is 13.6. The second-order valence-corrected chi connectivity index (χ2v) is 6.31. The van der Waals surface area contributed by atoms with E-state index in [0.717, 1.165) is 6.42 Å². The number of thioether (sulfide) groups is 1. The van der Waals surface area contributed by atoms with Crippen LogP contribution in [0.1, 0.15) is 33.6 Å².